The van der Waals surface area contributed by atoms with Crippen molar-refractivity contribution < 1.29 is 4.79 Å². The van der Waals surface area contributed by atoms with Crippen LogP contribution in [0.3, 0.4) is 0 Å². The minimum absolute atomic E-state index is 0.0668. The Labute approximate surface area is 115 Å². The summed E-state index contributed by atoms with van der Waals surface area (Å²) in [4.78, 5) is 14.8. The van der Waals surface area contributed by atoms with Gasteiger partial charge in [0, 0.05) is 11.7 Å². The van der Waals surface area contributed by atoms with E-state index in [1.807, 2.05) is 36.9 Å². The largest absolute Gasteiger partial charge is 0.317 e. The molecule has 2 N–H and O–H groups in total. The average molecular weight is 260 g/mol. The highest BCUT2D eigenvalue weighted by atomic mass is 16.2. The number of para-hydroxylation sites is 1. The molecule has 1 aliphatic heterocycles. The molecule has 19 heavy (non-hydrogen) atoms. The van der Waals surface area contributed by atoms with E-state index in [0.717, 1.165) is 18.5 Å². The normalized spacial score (nSPS) is 19.2. The summed E-state index contributed by atoms with van der Waals surface area (Å²) in [6, 6.07) is 8.40. The molecule has 0 bridgehead atoms. The Morgan fingerprint density at radius 2 is 2.00 bits per heavy atom. The molecule has 0 fully saturated rings. The van der Waals surface area contributed by atoms with E-state index >= 15 is 0 Å². The second-order valence-corrected chi connectivity index (χ2v) is 5.55. The molecule has 2 rings (SSSR count). The molecule has 1 heterocycles. The summed E-state index contributed by atoms with van der Waals surface area (Å²) >= 11 is 0. The van der Waals surface area contributed by atoms with Gasteiger partial charge in [-0.15, -0.1) is 0 Å². The molecule has 1 aromatic carbocycles. The number of nitrogens with zero attached hydrogens (tertiary/aromatic N) is 1. The van der Waals surface area contributed by atoms with Crippen LogP contribution in [-0.2, 0) is 11.2 Å². The second kappa shape index (κ2) is 5.33. The summed E-state index contributed by atoms with van der Waals surface area (Å²) in [5.41, 5.74) is 7.86. The van der Waals surface area contributed by atoms with Gasteiger partial charge in [-0.3, -0.25) is 4.79 Å². The van der Waals surface area contributed by atoms with E-state index in [1.165, 1.54) is 5.56 Å². The molecular weight excluding hydrogens is 236 g/mol. The van der Waals surface area contributed by atoms with Gasteiger partial charge in [0.25, 0.3) is 0 Å². The molecule has 0 spiro atoms. The Balaban J connectivity index is 2.41. The zero-order valence-corrected chi connectivity index (χ0v) is 12.1. The van der Waals surface area contributed by atoms with Gasteiger partial charge in [-0.25, -0.2) is 0 Å². The summed E-state index contributed by atoms with van der Waals surface area (Å²) in [6.45, 7) is 6.09. The van der Waals surface area contributed by atoms with E-state index in [-0.39, 0.29) is 11.9 Å². The Bertz CT molecular complexity index is 466. The fraction of sp³-hybridized carbons (Fsp3) is 0.562. The lowest BCUT2D eigenvalue weighted by Gasteiger charge is -2.40. The van der Waals surface area contributed by atoms with Gasteiger partial charge in [0.15, 0.2) is 0 Å². The van der Waals surface area contributed by atoms with Crippen LogP contribution in [0.25, 0.3) is 0 Å². The van der Waals surface area contributed by atoms with Crippen molar-refractivity contribution in [3.63, 3.8) is 0 Å². The maximum Gasteiger partial charge on any atom is 0.247 e. The van der Waals surface area contributed by atoms with Crippen LogP contribution in [0.5, 0.6) is 0 Å². The van der Waals surface area contributed by atoms with Crippen molar-refractivity contribution in [1.29, 1.82) is 0 Å². The van der Waals surface area contributed by atoms with Crippen LogP contribution in [0.4, 0.5) is 5.69 Å². The van der Waals surface area contributed by atoms with Crippen molar-refractivity contribution in [1.82, 2.24) is 0 Å². The fourth-order valence-electron chi connectivity index (χ4n) is 2.79. The van der Waals surface area contributed by atoms with E-state index in [0.29, 0.717) is 12.8 Å². The third-order valence-corrected chi connectivity index (χ3v) is 4.43. The molecule has 3 nitrogen and oxygen atoms in total. The number of rotatable bonds is 3. The maximum absolute atomic E-state index is 12.9. The zero-order valence-electron chi connectivity index (χ0n) is 12.1. The minimum Gasteiger partial charge on any atom is -0.317 e. The van der Waals surface area contributed by atoms with Crippen LogP contribution >= 0.6 is 0 Å². The number of hydrogen-bond acceptors (Lipinski definition) is 2. The quantitative estimate of drug-likeness (QED) is 0.908. The molecular formula is C16H24N2O. The number of amides is 1. The van der Waals surface area contributed by atoms with E-state index in [4.69, 9.17) is 5.73 Å². The van der Waals surface area contributed by atoms with Gasteiger partial charge in [-0.2, -0.15) is 0 Å². The van der Waals surface area contributed by atoms with Crippen LogP contribution in [0, 0.1) is 0 Å². The molecule has 0 saturated heterocycles. The number of benzene rings is 1. The number of nitrogens with two attached hydrogens (primary N) is 1. The molecule has 1 aliphatic rings. The Morgan fingerprint density at radius 3 is 2.63 bits per heavy atom. The number of carbonyl (C=O) groups excluding carboxylic acids is 1. The van der Waals surface area contributed by atoms with E-state index in [9.17, 15) is 4.79 Å². The SMILES string of the molecule is CCC(N)(CC)C(=O)N1c2ccccc2CCC1C. The molecule has 0 aliphatic carbocycles. The Kier molecular flexibility index (Phi) is 3.95. The predicted molar refractivity (Wildman–Crippen MR) is 79.2 cm³/mol. The van der Waals surface area contributed by atoms with Crippen LogP contribution in [0.2, 0.25) is 0 Å². The first-order valence-electron chi connectivity index (χ1n) is 7.24. The van der Waals surface area contributed by atoms with Crippen LogP contribution in [0.15, 0.2) is 24.3 Å². The molecule has 0 saturated carbocycles. The number of fused-ring (bicyclic) bond motifs is 1. The highest BCUT2D eigenvalue weighted by Gasteiger charge is 2.38. The van der Waals surface area contributed by atoms with Gasteiger partial charge in [0.05, 0.1) is 5.54 Å². The number of aryl methyl sites for hydroxylation is 1. The van der Waals surface area contributed by atoms with Gasteiger partial charge in [0.2, 0.25) is 5.91 Å². The lowest BCUT2D eigenvalue weighted by molar-refractivity contribution is -0.124. The first-order chi connectivity index (χ1) is 9.03. The van der Waals surface area contributed by atoms with E-state index < -0.39 is 5.54 Å². The lowest BCUT2D eigenvalue weighted by atomic mass is 9.88. The standard InChI is InChI=1S/C16H24N2O/c1-4-16(17,5-2)15(19)18-12(3)10-11-13-8-6-7-9-14(13)18/h6-9,12H,4-5,10-11,17H2,1-3H3. The molecule has 104 valence electrons. The van der Waals surface area contributed by atoms with Crippen LogP contribution in [0.1, 0.15) is 45.6 Å². The molecule has 1 amide bonds. The van der Waals surface area contributed by atoms with E-state index in [1.54, 1.807) is 0 Å². The summed E-state index contributed by atoms with van der Waals surface area (Å²) in [7, 11) is 0. The topological polar surface area (TPSA) is 46.3 Å². The molecule has 1 unspecified atom stereocenters. The fourth-order valence-corrected chi connectivity index (χ4v) is 2.79. The van der Waals surface area contributed by atoms with Crippen molar-refractivity contribution in [3.8, 4) is 0 Å². The molecule has 1 aromatic rings. The predicted octanol–water partition coefficient (Wildman–Crippen LogP) is 2.87. The minimum atomic E-state index is -0.737. The second-order valence-electron chi connectivity index (χ2n) is 5.55. The maximum atomic E-state index is 12.9. The third-order valence-electron chi connectivity index (χ3n) is 4.43. The smallest absolute Gasteiger partial charge is 0.247 e. The highest BCUT2D eigenvalue weighted by molar-refractivity contribution is 6.01. The van der Waals surface area contributed by atoms with Gasteiger partial charge in [-0.1, -0.05) is 32.0 Å². The monoisotopic (exact) mass is 260 g/mol. The third kappa shape index (κ3) is 2.39. The average Bonchev–Trinajstić information content (AvgIpc) is 2.45. The summed E-state index contributed by atoms with van der Waals surface area (Å²) in [6.07, 6.45) is 3.39. The number of carbonyl (C=O) groups is 1. The number of anilines is 1. The Morgan fingerprint density at radius 1 is 1.37 bits per heavy atom. The van der Waals surface area contributed by atoms with Gasteiger partial charge in [0.1, 0.15) is 0 Å². The zero-order chi connectivity index (χ0) is 14.0. The first-order valence-corrected chi connectivity index (χ1v) is 7.24. The van der Waals surface area contributed by atoms with Crippen molar-refractivity contribution >= 4 is 11.6 Å². The van der Waals surface area contributed by atoms with Crippen LogP contribution in [-0.4, -0.2) is 17.5 Å². The first kappa shape index (κ1) is 14.1. The number of hydrogen-bond donors (Lipinski definition) is 1. The van der Waals surface area contributed by atoms with Gasteiger partial charge >= 0.3 is 0 Å². The highest BCUT2D eigenvalue weighted by Crippen LogP contribution is 2.33. The summed E-state index contributed by atoms with van der Waals surface area (Å²) in [5.74, 6) is 0.0668. The molecule has 0 radical (unpaired) electrons. The van der Waals surface area contributed by atoms with Gasteiger partial charge in [-0.05, 0) is 44.2 Å². The molecule has 1 atom stereocenters. The van der Waals surface area contributed by atoms with E-state index in [2.05, 4.69) is 13.0 Å². The lowest BCUT2D eigenvalue weighted by Crippen LogP contribution is -2.58. The molecule has 0 aromatic heterocycles. The summed E-state index contributed by atoms with van der Waals surface area (Å²) in [5, 5.41) is 0. The van der Waals surface area contributed by atoms with Crippen LogP contribution < -0.4 is 10.6 Å². The summed E-state index contributed by atoms with van der Waals surface area (Å²) < 4.78 is 0. The van der Waals surface area contributed by atoms with Crippen molar-refractivity contribution in [2.75, 3.05) is 4.90 Å². The van der Waals surface area contributed by atoms with Crippen molar-refractivity contribution in [3.05, 3.63) is 29.8 Å². The van der Waals surface area contributed by atoms with Crippen molar-refractivity contribution in [2.24, 2.45) is 5.73 Å². The van der Waals surface area contributed by atoms with Gasteiger partial charge < -0.3 is 10.6 Å². The van der Waals surface area contributed by atoms with Crippen molar-refractivity contribution in [2.45, 2.75) is 58.0 Å². The molecule has 3 heteroatoms. The Hall–Kier alpha value is -1.35.